The van der Waals surface area contributed by atoms with Gasteiger partial charge in [0.1, 0.15) is 6.10 Å². The number of rotatable bonds is 0. The molecule has 2 fully saturated rings. The van der Waals surface area contributed by atoms with Crippen LogP contribution in [-0.2, 0) is 9.53 Å². The van der Waals surface area contributed by atoms with Crippen LogP contribution in [0.1, 0.15) is 39.5 Å². The van der Waals surface area contributed by atoms with Crippen molar-refractivity contribution in [2.24, 2.45) is 17.8 Å². The lowest BCUT2D eigenvalue weighted by atomic mass is 9.88. The molecule has 74 valence electrons. The molecule has 4 atom stereocenters. The molecule has 0 spiro atoms. The fraction of sp³-hybridized carbons (Fsp3) is 0.909. The number of carbonyl (C=O) groups excluding carboxylic acids is 1. The molecule has 1 aliphatic heterocycles. The van der Waals surface area contributed by atoms with Crippen LogP contribution < -0.4 is 0 Å². The Labute approximate surface area is 79.7 Å². The van der Waals surface area contributed by atoms with Crippen LogP contribution in [0.4, 0.5) is 0 Å². The first-order valence-electron chi connectivity index (χ1n) is 5.39. The maximum absolute atomic E-state index is 11.3. The lowest BCUT2D eigenvalue weighted by Crippen LogP contribution is -2.17. The number of fused-ring (bicyclic) bond motifs is 1. The fourth-order valence-corrected chi connectivity index (χ4v) is 2.62. The first-order valence-corrected chi connectivity index (χ1v) is 5.39. The molecule has 1 aliphatic carbocycles. The van der Waals surface area contributed by atoms with Gasteiger partial charge in [-0.2, -0.15) is 0 Å². The highest BCUT2D eigenvalue weighted by Crippen LogP contribution is 2.38. The Bertz CT molecular complexity index is 212. The Morgan fingerprint density at radius 1 is 1.15 bits per heavy atom. The normalized spacial score (nSPS) is 45.2. The Kier molecular flexibility index (Phi) is 2.31. The Morgan fingerprint density at radius 3 is 2.62 bits per heavy atom. The maximum Gasteiger partial charge on any atom is 0.309 e. The van der Waals surface area contributed by atoms with Crippen molar-refractivity contribution < 1.29 is 9.53 Å². The second-order valence-electron chi connectivity index (χ2n) is 4.69. The minimum Gasteiger partial charge on any atom is -0.462 e. The van der Waals surface area contributed by atoms with Gasteiger partial charge in [0.25, 0.3) is 0 Å². The molecule has 0 bridgehead atoms. The number of hydrogen-bond donors (Lipinski definition) is 0. The van der Waals surface area contributed by atoms with E-state index in [2.05, 4.69) is 6.92 Å². The lowest BCUT2D eigenvalue weighted by molar-refractivity contribution is -0.144. The number of esters is 1. The van der Waals surface area contributed by atoms with Crippen molar-refractivity contribution >= 4 is 5.97 Å². The predicted molar refractivity (Wildman–Crippen MR) is 50.2 cm³/mol. The average molecular weight is 182 g/mol. The third kappa shape index (κ3) is 1.59. The van der Waals surface area contributed by atoms with Crippen molar-refractivity contribution in [3.63, 3.8) is 0 Å². The van der Waals surface area contributed by atoms with E-state index >= 15 is 0 Å². The Balaban J connectivity index is 2.07. The number of carbonyl (C=O) groups is 1. The van der Waals surface area contributed by atoms with Crippen molar-refractivity contribution in [3.05, 3.63) is 0 Å². The molecule has 0 aromatic carbocycles. The molecular formula is C11H18O2. The molecule has 0 N–H and O–H groups in total. The zero-order chi connectivity index (χ0) is 9.42. The first kappa shape index (κ1) is 9.04. The van der Waals surface area contributed by atoms with Gasteiger partial charge in [-0.25, -0.2) is 0 Å². The lowest BCUT2D eigenvalue weighted by Gasteiger charge is -2.14. The average Bonchev–Trinajstić information content (AvgIpc) is 2.28. The van der Waals surface area contributed by atoms with Crippen molar-refractivity contribution in [3.8, 4) is 0 Å². The van der Waals surface area contributed by atoms with Crippen LogP contribution in [0.2, 0.25) is 0 Å². The van der Waals surface area contributed by atoms with E-state index < -0.39 is 0 Å². The molecule has 1 heterocycles. The van der Waals surface area contributed by atoms with E-state index in [-0.39, 0.29) is 18.0 Å². The summed E-state index contributed by atoms with van der Waals surface area (Å²) in [5.41, 5.74) is 0. The van der Waals surface area contributed by atoms with Gasteiger partial charge < -0.3 is 4.74 Å². The van der Waals surface area contributed by atoms with E-state index in [0.29, 0.717) is 5.92 Å². The summed E-state index contributed by atoms with van der Waals surface area (Å²) in [6, 6.07) is 0. The van der Waals surface area contributed by atoms with Gasteiger partial charge >= 0.3 is 5.97 Å². The summed E-state index contributed by atoms with van der Waals surface area (Å²) in [5.74, 6) is 1.51. The minimum absolute atomic E-state index is 0.0320. The predicted octanol–water partition coefficient (Wildman–Crippen LogP) is 2.37. The molecule has 0 unspecified atom stereocenters. The van der Waals surface area contributed by atoms with Crippen molar-refractivity contribution in [2.45, 2.75) is 45.6 Å². The van der Waals surface area contributed by atoms with Gasteiger partial charge in [0.15, 0.2) is 0 Å². The summed E-state index contributed by atoms with van der Waals surface area (Å²) in [7, 11) is 0. The Morgan fingerprint density at radius 2 is 1.85 bits per heavy atom. The molecule has 0 amide bonds. The molecule has 0 aromatic rings. The highest BCUT2D eigenvalue weighted by molar-refractivity contribution is 5.74. The largest absolute Gasteiger partial charge is 0.462 e. The highest BCUT2D eigenvalue weighted by atomic mass is 16.6. The molecule has 2 rings (SSSR count). The summed E-state index contributed by atoms with van der Waals surface area (Å²) >= 11 is 0. The summed E-state index contributed by atoms with van der Waals surface area (Å²) in [4.78, 5) is 11.3. The summed E-state index contributed by atoms with van der Waals surface area (Å²) < 4.78 is 5.37. The van der Waals surface area contributed by atoms with E-state index in [9.17, 15) is 4.79 Å². The van der Waals surface area contributed by atoms with Gasteiger partial charge in [-0.3, -0.25) is 4.79 Å². The smallest absolute Gasteiger partial charge is 0.309 e. The zero-order valence-electron chi connectivity index (χ0n) is 8.45. The molecular weight excluding hydrogens is 164 g/mol. The molecule has 0 aromatic heterocycles. The van der Waals surface area contributed by atoms with E-state index in [1.54, 1.807) is 0 Å². The standard InChI is InChI=1S/C11H18O2/c1-7-3-5-9-8(2)11(12)13-10(9)6-4-7/h7-10H,3-6H2,1-2H3/t7-,8-,9+,10+/m1/s1. The second kappa shape index (κ2) is 3.32. The van der Waals surface area contributed by atoms with Crippen LogP contribution in [0.5, 0.6) is 0 Å². The van der Waals surface area contributed by atoms with Crippen LogP contribution in [-0.4, -0.2) is 12.1 Å². The number of ether oxygens (including phenoxy) is 1. The second-order valence-corrected chi connectivity index (χ2v) is 4.69. The van der Waals surface area contributed by atoms with E-state index in [1.807, 2.05) is 6.92 Å². The van der Waals surface area contributed by atoms with E-state index in [4.69, 9.17) is 4.74 Å². The molecule has 13 heavy (non-hydrogen) atoms. The van der Waals surface area contributed by atoms with Gasteiger partial charge in [-0.1, -0.05) is 20.3 Å². The molecule has 2 heteroatoms. The molecule has 1 saturated carbocycles. The molecule has 0 radical (unpaired) electrons. The van der Waals surface area contributed by atoms with Crippen molar-refractivity contribution in [2.75, 3.05) is 0 Å². The first-order chi connectivity index (χ1) is 6.18. The topological polar surface area (TPSA) is 26.3 Å². The zero-order valence-corrected chi connectivity index (χ0v) is 8.45. The van der Waals surface area contributed by atoms with E-state index in [1.165, 1.54) is 19.3 Å². The number of hydrogen-bond acceptors (Lipinski definition) is 2. The molecule has 2 aliphatic rings. The summed E-state index contributed by atoms with van der Waals surface area (Å²) in [5, 5.41) is 0. The minimum atomic E-state index is 0.0320. The van der Waals surface area contributed by atoms with Gasteiger partial charge in [0.05, 0.1) is 5.92 Å². The van der Waals surface area contributed by atoms with Crippen LogP contribution in [0, 0.1) is 17.8 Å². The van der Waals surface area contributed by atoms with Crippen LogP contribution >= 0.6 is 0 Å². The van der Waals surface area contributed by atoms with Gasteiger partial charge in [0, 0.05) is 5.92 Å². The Hall–Kier alpha value is -0.530. The SMILES string of the molecule is C[C@@H]1CC[C@@H]2[C@H](CC1)OC(=O)[C@@H]2C. The van der Waals surface area contributed by atoms with Gasteiger partial charge in [-0.15, -0.1) is 0 Å². The quantitative estimate of drug-likeness (QED) is 0.538. The maximum atomic E-state index is 11.3. The molecule has 1 saturated heterocycles. The third-order valence-corrected chi connectivity index (χ3v) is 3.70. The summed E-state index contributed by atoms with van der Waals surface area (Å²) in [6.45, 7) is 4.32. The fourth-order valence-electron chi connectivity index (χ4n) is 2.62. The van der Waals surface area contributed by atoms with Crippen LogP contribution in [0.25, 0.3) is 0 Å². The van der Waals surface area contributed by atoms with Gasteiger partial charge in [-0.05, 0) is 25.2 Å². The van der Waals surface area contributed by atoms with Crippen molar-refractivity contribution in [1.82, 2.24) is 0 Å². The third-order valence-electron chi connectivity index (χ3n) is 3.70. The van der Waals surface area contributed by atoms with Gasteiger partial charge in [0.2, 0.25) is 0 Å². The molecule has 2 nitrogen and oxygen atoms in total. The van der Waals surface area contributed by atoms with E-state index in [0.717, 1.165) is 12.3 Å². The summed E-state index contributed by atoms with van der Waals surface area (Å²) in [6.07, 6.45) is 5.00. The van der Waals surface area contributed by atoms with Crippen LogP contribution in [0.15, 0.2) is 0 Å². The monoisotopic (exact) mass is 182 g/mol. The van der Waals surface area contributed by atoms with Crippen LogP contribution in [0.3, 0.4) is 0 Å². The van der Waals surface area contributed by atoms with Crippen molar-refractivity contribution in [1.29, 1.82) is 0 Å². The highest BCUT2D eigenvalue weighted by Gasteiger charge is 2.42.